The van der Waals surface area contributed by atoms with Crippen LogP contribution in [-0.4, -0.2) is 43.9 Å². The first-order chi connectivity index (χ1) is 11.6. The van der Waals surface area contributed by atoms with Gasteiger partial charge in [0.15, 0.2) is 7.98 Å². The molecular formula is C20H30BFN2. The zero-order valence-electron chi connectivity index (χ0n) is 15.1. The van der Waals surface area contributed by atoms with Gasteiger partial charge in [0.1, 0.15) is 5.82 Å². The van der Waals surface area contributed by atoms with E-state index in [1.165, 1.54) is 83.1 Å². The third kappa shape index (κ3) is 2.92. The topological polar surface area (TPSA) is 6.48 Å². The molecule has 24 heavy (non-hydrogen) atoms. The lowest BCUT2D eigenvalue weighted by molar-refractivity contribution is -0.00342. The van der Waals surface area contributed by atoms with Gasteiger partial charge < -0.3 is 4.81 Å². The van der Waals surface area contributed by atoms with Crippen molar-refractivity contribution in [3.05, 3.63) is 35.6 Å². The van der Waals surface area contributed by atoms with Crippen molar-refractivity contribution in [2.45, 2.75) is 56.9 Å². The lowest BCUT2D eigenvalue weighted by Crippen LogP contribution is -2.51. The zero-order valence-corrected chi connectivity index (χ0v) is 15.1. The molecule has 1 spiro atoms. The third-order valence-corrected chi connectivity index (χ3v) is 7.26. The summed E-state index contributed by atoms with van der Waals surface area (Å²) in [4.78, 5) is 5.16. The van der Waals surface area contributed by atoms with Crippen LogP contribution in [0.25, 0.3) is 0 Å². The summed E-state index contributed by atoms with van der Waals surface area (Å²) in [5.41, 5.74) is 1.88. The maximum Gasteiger partial charge on any atom is 0.185 e. The molecule has 4 heteroatoms. The van der Waals surface area contributed by atoms with E-state index >= 15 is 0 Å². The van der Waals surface area contributed by atoms with Gasteiger partial charge in [-0.25, -0.2) is 4.39 Å². The number of hydrogen-bond acceptors (Lipinski definition) is 2. The Kier molecular flexibility index (Phi) is 4.46. The highest BCUT2D eigenvalue weighted by molar-refractivity contribution is 6.04. The Morgan fingerprint density at radius 3 is 2.17 bits per heavy atom. The van der Waals surface area contributed by atoms with Gasteiger partial charge in [-0.05, 0) is 101 Å². The number of likely N-dealkylation sites (tertiary alicyclic amines) is 1. The minimum Gasteiger partial charge on any atom is -0.349 e. The van der Waals surface area contributed by atoms with E-state index in [2.05, 4.69) is 23.8 Å². The monoisotopic (exact) mass is 328 g/mol. The van der Waals surface area contributed by atoms with Crippen LogP contribution in [0.5, 0.6) is 0 Å². The van der Waals surface area contributed by atoms with Crippen LogP contribution in [-0.2, 0) is 5.54 Å². The van der Waals surface area contributed by atoms with Gasteiger partial charge in [-0.3, -0.25) is 4.90 Å². The van der Waals surface area contributed by atoms with Crippen molar-refractivity contribution in [2.24, 2.45) is 5.41 Å². The highest BCUT2D eigenvalue weighted by Gasteiger charge is 2.47. The summed E-state index contributed by atoms with van der Waals surface area (Å²) in [5.74, 6) is -0.0781. The summed E-state index contributed by atoms with van der Waals surface area (Å²) < 4.78 is 13.9. The van der Waals surface area contributed by atoms with Crippen LogP contribution >= 0.6 is 0 Å². The molecule has 0 aromatic heterocycles. The standard InChI is InChI=1S/C20H30BFN2/c21-24-14-10-19(11-15-24)6-8-20(9-7-19,23-12-1-2-13-23)17-4-3-5-18(22)16-17/h3-5,16H,1-2,6-15,21H2. The SMILES string of the molecule is BN1CCC2(CC1)CCC(c1cccc(F)c1)(N1CCCC1)CC2. The zero-order chi connectivity index (χ0) is 16.6. The average Bonchev–Trinajstić information content (AvgIpc) is 3.14. The van der Waals surface area contributed by atoms with Gasteiger partial charge >= 0.3 is 0 Å². The van der Waals surface area contributed by atoms with Crippen LogP contribution < -0.4 is 0 Å². The smallest absolute Gasteiger partial charge is 0.185 e. The fourth-order valence-electron chi connectivity index (χ4n) is 5.50. The Labute approximate surface area is 146 Å². The Bertz CT molecular complexity index is 567. The van der Waals surface area contributed by atoms with Gasteiger partial charge in [-0.1, -0.05) is 12.1 Å². The molecule has 2 heterocycles. The van der Waals surface area contributed by atoms with E-state index in [0.29, 0.717) is 5.41 Å². The number of benzene rings is 1. The van der Waals surface area contributed by atoms with Crippen LogP contribution in [0.1, 0.15) is 56.9 Å². The molecule has 4 rings (SSSR count). The maximum atomic E-state index is 13.9. The number of rotatable bonds is 2. The average molecular weight is 328 g/mol. The highest BCUT2D eigenvalue weighted by Crippen LogP contribution is 2.53. The molecule has 2 aliphatic heterocycles. The fourth-order valence-corrected chi connectivity index (χ4v) is 5.50. The molecule has 1 aromatic rings. The van der Waals surface area contributed by atoms with Gasteiger partial charge in [0.25, 0.3) is 0 Å². The third-order valence-electron chi connectivity index (χ3n) is 7.26. The summed E-state index contributed by atoms with van der Waals surface area (Å²) in [6.45, 7) is 4.87. The lowest BCUT2D eigenvalue weighted by atomic mass is 9.61. The van der Waals surface area contributed by atoms with Gasteiger partial charge in [0.05, 0.1) is 0 Å². The Balaban J connectivity index is 1.59. The molecular weight excluding hydrogens is 298 g/mol. The highest BCUT2D eigenvalue weighted by atomic mass is 19.1. The summed E-state index contributed by atoms with van der Waals surface area (Å²) >= 11 is 0. The second-order valence-electron chi connectivity index (χ2n) is 8.54. The van der Waals surface area contributed by atoms with Gasteiger partial charge in [-0.15, -0.1) is 0 Å². The molecule has 3 aliphatic rings. The molecule has 130 valence electrons. The van der Waals surface area contributed by atoms with Crippen LogP contribution in [0.4, 0.5) is 4.39 Å². The van der Waals surface area contributed by atoms with E-state index < -0.39 is 0 Å². The van der Waals surface area contributed by atoms with E-state index in [9.17, 15) is 4.39 Å². The first-order valence-electron chi connectivity index (χ1n) is 9.82. The normalized spacial score (nSPS) is 27.5. The molecule has 2 nitrogen and oxygen atoms in total. The number of piperidine rings is 1. The van der Waals surface area contributed by atoms with E-state index in [1.807, 2.05) is 12.1 Å². The van der Waals surface area contributed by atoms with Crippen molar-refractivity contribution in [1.82, 2.24) is 9.71 Å². The predicted molar refractivity (Wildman–Crippen MR) is 99.1 cm³/mol. The van der Waals surface area contributed by atoms with Crippen molar-refractivity contribution in [1.29, 1.82) is 0 Å². The first kappa shape index (κ1) is 16.6. The summed E-state index contributed by atoms with van der Waals surface area (Å²) in [5, 5.41) is 0. The van der Waals surface area contributed by atoms with Crippen molar-refractivity contribution >= 4 is 7.98 Å². The molecule has 2 saturated heterocycles. The largest absolute Gasteiger partial charge is 0.349 e. The molecule has 0 bridgehead atoms. The number of nitrogens with zero attached hydrogens (tertiary/aromatic N) is 2. The number of hydrogen-bond donors (Lipinski definition) is 0. The van der Waals surface area contributed by atoms with E-state index in [-0.39, 0.29) is 11.4 Å². The molecule has 0 radical (unpaired) electrons. The van der Waals surface area contributed by atoms with E-state index in [1.54, 1.807) is 6.07 Å². The second-order valence-corrected chi connectivity index (χ2v) is 8.54. The maximum absolute atomic E-state index is 13.9. The van der Waals surface area contributed by atoms with Crippen LogP contribution in [0.2, 0.25) is 0 Å². The molecule has 1 saturated carbocycles. The van der Waals surface area contributed by atoms with Gasteiger partial charge in [0, 0.05) is 5.54 Å². The Morgan fingerprint density at radius 1 is 0.875 bits per heavy atom. The van der Waals surface area contributed by atoms with Gasteiger partial charge in [-0.2, -0.15) is 0 Å². The van der Waals surface area contributed by atoms with Crippen LogP contribution in [0.3, 0.4) is 0 Å². The van der Waals surface area contributed by atoms with E-state index in [4.69, 9.17) is 0 Å². The van der Waals surface area contributed by atoms with Crippen molar-refractivity contribution in [3.8, 4) is 0 Å². The Hall–Kier alpha value is -0.865. The van der Waals surface area contributed by atoms with Gasteiger partial charge in [0.2, 0.25) is 0 Å². The minimum atomic E-state index is -0.0781. The van der Waals surface area contributed by atoms with E-state index in [0.717, 1.165) is 0 Å². The molecule has 0 unspecified atom stereocenters. The lowest BCUT2D eigenvalue weighted by Gasteiger charge is -2.53. The fraction of sp³-hybridized carbons (Fsp3) is 0.700. The summed E-state index contributed by atoms with van der Waals surface area (Å²) in [6, 6.07) is 7.48. The van der Waals surface area contributed by atoms with Crippen LogP contribution in [0.15, 0.2) is 24.3 Å². The van der Waals surface area contributed by atoms with Crippen molar-refractivity contribution < 1.29 is 4.39 Å². The van der Waals surface area contributed by atoms with Crippen LogP contribution in [0, 0.1) is 11.2 Å². The number of halogens is 1. The van der Waals surface area contributed by atoms with Crippen molar-refractivity contribution in [2.75, 3.05) is 26.2 Å². The summed E-state index contributed by atoms with van der Waals surface area (Å²) in [6.07, 6.45) is 10.3. The molecule has 0 N–H and O–H groups in total. The summed E-state index contributed by atoms with van der Waals surface area (Å²) in [7, 11) is 2.25. The molecule has 0 amide bonds. The second kappa shape index (κ2) is 6.46. The molecule has 1 aromatic carbocycles. The van der Waals surface area contributed by atoms with Crippen molar-refractivity contribution in [3.63, 3.8) is 0 Å². The predicted octanol–water partition coefficient (Wildman–Crippen LogP) is 3.32. The molecule has 1 aliphatic carbocycles. The molecule has 0 atom stereocenters. The minimum absolute atomic E-state index is 0.0781. The molecule has 3 fully saturated rings. The first-order valence-corrected chi connectivity index (χ1v) is 9.82. The Morgan fingerprint density at radius 2 is 1.54 bits per heavy atom. The quantitative estimate of drug-likeness (QED) is 0.769.